The van der Waals surface area contributed by atoms with Crippen molar-refractivity contribution in [2.45, 2.75) is 20.1 Å². The predicted molar refractivity (Wildman–Crippen MR) is 107 cm³/mol. The highest BCUT2D eigenvalue weighted by atomic mass is 16.5. The molecule has 0 radical (unpaired) electrons. The van der Waals surface area contributed by atoms with Gasteiger partial charge in [0, 0.05) is 12.5 Å². The number of amides is 2. The fourth-order valence-electron chi connectivity index (χ4n) is 3.21. The molecule has 28 heavy (non-hydrogen) atoms. The molecule has 1 unspecified atom stereocenters. The molecule has 0 aromatic heterocycles. The third-order valence-corrected chi connectivity index (χ3v) is 5.11. The molecule has 0 bridgehead atoms. The molecule has 1 fully saturated rings. The summed E-state index contributed by atoms with van der Waals surface area (Å²) in [5.41, 5.74) is 7.39. The van der Waals surface area contributed by atoms with Crippen molar-refractivity contribution in [1.29, 1.82) is 0 Å². The summed E-state index contributed by atoms with van der Waals surface area (Å²) in [5.74, 6) is 0.407. The number of carbonyl (C=O) groups excluding carboxylic acids is 2. The second-order valence-corrected chi connectivity index (χ2v) is 7.29. The van der Waals surface area contributed by atoms with Crippen LogP contribution in [0.4, 0.5) is 0 Å². The molecular formula is C22H27N3O3. The number of primary amides is 1. The van der Waals surface area contributed by atoms with E-state index in [2.05, 4.69) is 5.32 Å². The molecule has 6 nitrogen and oxygen atoms in total. The molecule has 0 saturated carbocycles. The van der Waals surface area contributed by atoms with Crippen LogP contribution < -0.4 is 15.8 Å². The summed E-state index contributed by atoms with van der Waals surface area (Å²) in [6, 6.07) is 17.5. The quantitative estimate of drug-likeness (QED) is 0.695. The van der Waals surface area contributed by atoms with E-state index in [0.29, 0.717) is 19.1 Å². The summed E-state index contributed by atoms with van der Waals surface area (Å²) in [7, 11) is 0. The van der Waals surface area contributed by atoms with Gasteiger partial charge < -0.3 is 20.7 Å². The van der Waals surface area contributed by atoms with Gasteiger partial charge in [0.25, 0.3) is 0 Å². The Bertz CT molecular complexity index is 788. The van der Waals surface area contributed by atoms with E-state index >= 15 is 0 Å². The first kappa shape index (κ1) is 19.9. The summed E-state index contributed by atoms with van der Waals surface area (Å²) in [4.78, 5) is 25.8. The van der Waals surface area contributed by atoms with Crippen molar-refractivity contribution in [2.75, 3.05) is 19.6 Å². The second-order valence-electron chi connectivity index (χ2n) is 7.29. The molecule has 148 valence electrons. The monoisotopic (exact) mass is 381 g/mol. The summed E-state index contributed by atoms with van der Waals surface area (Å²) >= 11 is 0. The molecule has 3 N–H and O–H groups in total. The number of nitrogens with zero attached hydrogens (tertiary/aromatic N) is 1. The van der Waals surface area contributed by atoms with Gasteiger partial charge in [-0.2, -0.15) is 0 Å². The topological polar surface area (TPSA) is 84.7 Å². The lowest BCUT2D eigenvalue weighted by Crippen LogP contribution is -2.51. The molecule has 1 heterocycles. The van der Waals surface area contributed by atoms with Gasteiger partial charge in [-0.25, -0.2) is 0 Å². The minimum absolute atomic E-state index is 0.0327. The van der Waals surface area contributed by atoms with E-state index in [9.17, 15) is 9.59 Å². The van der Waals surface area contributed by atoms with E-state index in [-0.39, 0.29) is 18.4 Å². The van der Waals surface area contributed by atoms with Crippen LogP contribution in [0.3, 0.4) is 0 Å². The van der Waals surface area contributed by atoms with Crippen molar-refractivity contribution in [2.24, 2.45) is 17.6 Å². The maximum atomic E-state index is 12.8. The normalized spacial score (nSPS) is 14.8. The number of nitrogens with two attached hydrogens (primary N) is 1. The average Bonchev–Trinajstić information content (AvgIpc) is 2.65. The summed E-state index contributed by atoms with van der Waals surface area (Å²) in [6.07, 6.45) is 0. The lowest BCUT2D eigenvalue weighted by molar-refractivity contribution is -0.141. The molecule has 1 atom stereocenters. The van der Waals surface area contributed by atoms with E-state index in [1.54, 1.807) is 4.90 Å². The summed E-state index contributed by atoms with van der Waals surface area (Å²) in [5, 5.41) is 3.18. The van der Waals surface area contributed by atoms with Crippen molar-refractivity contribution in [1.82, 2.24) is 10.2 Å². The smallest absolute Gasteiger partial charge is 0.237 e. The van der Waals surface area contributed by atoms with Crippen LogP contribution in [0.15, 0.2) is 54.6 Å². The highest BCUT2D eigenvalue weighted by molar-refractivity contribution is 5.85. The number of rotatable bonds is 9. The van der Waals surface area contributed by atoms with Crippen LogP contribution in [0.25, 0.3) is 0 Å². The number of nitrogens with one attached hydrogen (secondary N) is 1. The number of hydrogen-bond donors (Lipinski definition) is 2. The molecule has 6 heteroatoms. The van der Waals surface area contributed by atoms with Crippen molar-refractivity contribution in [3.63, 3.8) is 0 Å². The Hall–Kier alpha value is -2.86. The summed E-state index contributed by atoms with van der Waals surface area (Å²) in [6.45, 7) is 4.37. The van der Waals surface area contributed by atoms with Gasteiger partial charge in [-0.3, -0.25) is 9.59 Å². The first-order valence-corrected chi connectivity index (χ1v) is 9.56. The van der Waals surface area contributed by atoms with Gasteiger partial charge in [-0.15, -0.1) is 0 Å². The van der Waals surface area contributed by atoms with Crippen LogP contribution in [-0.4, -0.2) is 36.3 Å². The molecular weight excluding hydrogens is 354 g/mol. The van der Waals surface area contributed by atoms with Gasteiger partial charge in [-0.1, -0.05) is 49.4 Å². The van der Waals surface area contributed by atoms with Crippen LogP contribution in [0.5, 0.6) is 5.75 Å². The minimum atomic E-state index is -0.505. The highest BCUT2D eigenvalue weighted by Gasteiger charge is 2.32. The molecule has 1 aliphatic heterocycles. The Morgan fingerprint density at radius 3 is 2.36 bits per heavy atom. The zero-order valence-electron chi connectivity index (χ0n) is 16.1. The molecule has 3 rings (SSSR count). The van der Waals surface area contributed by atoms with Crippen LogP contribution in [-0.2, 0) is 22.7 Å². The number of benzene rings is 2. The number of carbonyl (C=O) groups is 2. The Labute approximate surface area is 165 Å². The predicted octanol–water partition coefficient (Wildman–Crippen LogP) is 1.93. The average molecular weight is 381 g/mol. The number of hydrogen-bond acceptors (Lipinski definition) is 4. The van der Waals surface area contributed by atoms with E-state index in [1.807, 2.05) is 61.5 Å². The number of ether oxygens (including phenoxy) is 1. The van der Waals surface area contributed by atoms with Crippen LogP contribution in [0.2, 0.25) is 0 Å². The standard InChI is InChI=1S/C22H27N3O3/c1-16(19-11-24-12-19)22(27)25(14-21(23)26)13-17-7-9-20(10-8-17)28-15-18-5-3-2-4-6-18/h2-10,16,19,24H,11-15H2,1H3,(H2,23,26). The van der Waals surface area contributed by atoms with Crippen molar-refractivity contribution < 1.29 is 14.3 Å². The lowest BCUT2D eigenvalue weighted by atomic mass is 9.88. The minimum Gasteiger partial charge on any atom is -0.489 e. The summed E-state index contributed by atoms with van der Waals surface area (Å²) < 4.78 is 5.79. The van der Waals surface area contributed by atoms with E-state index in [0.717, 1.165) is 30.0 Å². The van der Waals surface area contributed by atoms with Crippen LogP contribution in [0, 0.1) is 11.8 Å². The van der Waals surface area contributed by atoms with Crippen LogP contribution >= 0.6 is 0 Å². The molecule has 1 saturated heterocycles. The van der Waals surface area contributed by atoms with Gasteiger partial charge in [0.15, 0.2) is 0 Å². The second kappa shape index (κ2) is 9.37. The largest absolute Gasteiger partial charge is 0.489 e. The SMILES string of the molecule is CC(C(=O)N(CC(N)=O)Cc1ccc(OCc2ccccc2)cc1)C1CNC1. The Kier molecular flexibility index (Phi) is 6.66. The van der Waals surface area contributed by atoms with E-state index in [1.165, 1.54) is 0 Å². The lowest BCUT2D eigenvalue weighted by Gasteiger charge is -2.34. The fourth-order valence-corrected chi connectivity index (χ4v) is 3.21. The Morgan fingerprint density at radius 1 is 1.11 bits per heavy atom. The van der Waals surface area contributed by atoms with Crippen LogP contribution in [0.1, 0.15) is 18.1 Å². The maximum Gasteiger partial charge on any atom is 0.237 e. The molecule has 0 aliphatic carbocycles. The molecule has 2 aromatic rings. The zero-order valence-corrected chi connectivity index (χ0v) is 16.1. The van der Waals surface area contributed by atoms with Gasteiger partial charge in [0.05, 0.1) is 6.54 Å². The van der Waals surface area contributed by atoms with Crippen molar-refractivity contribution >= 4 is 11.8 Å². The van der Waals surface area contributed by atoms with E-state index < -0.39 is 5.91 Å². The molecule has 2 aromatic carbocycles. The van der Waals surface area contributed by atoms with Gasteiger partial charge in [0.2, 0.25) is 11.8 Å². The molecule has 2 amide bonds. The first-order valence-electron chi connectivity index (χ1n) is 9.56. The maximum absolute atomic E-state index is 12.8. The molecule has 0 spiro atoms. The fraction of sp³-hybridized carbons (Fsp3) is 0.364. The Balaban J connectivity index is 1.60. The zero-order chi connectivity index (χ0) is 19.9. The van der Waals surface area contributed by atoms with Crippen molar-refractivity contribution in [3.8, 4) is 5.75 Å². The van der Waals surface area contributed by atoms with Crippen molar-refractivity contribution in [3.05, 3.63) is 65.7 Å². The first-order chi connectivity index (χ1) is 13.5. The van der Waals surface area contributed by atoms with E-state index in [4.69, 9.17) is 10.5 Å². The highest BCUT2D eigenvalue weighted by Crippen LogP contribution is 2.21. The molecule has 1 aliphatic rings. The third kappa shape index (κ3) is 5.33. The van der Waals surface area contributed by atoms with Gasteiger partial charge in [0.1, 0.15) is 12.4 Å². The Morgan fingerprint density at radius 2 is 1.79 bits per heavy atom. The van der Waals surface area contributed by atoms with Gasteiger partial charge in [-0.05, 0) is 42.3 Å². The third-order valence-electron chi connectivity index (χ3n) is 5.11. The van der Waals surface area contributed by atoms with Gasteiger partial charge >= 0.3 is 0 Å².